The number of aliphatic hydroxyl groups is 1. The van der Waals surface area contributed by atoms with Crippen molar-refractivity contribution in [3.63, 3.8) is 0 Å². The van der Waals surface area contributed by atoms with Crippen molar-refractivity contribution >= 4 is 49.7 Å². The first-order valence-corrected chi connectivity index (χ1v) is 24.6. The van der Waals surface area contributed by atoms with Gasteiger partial charge in [-0.25, -0.2) is 13.4 Å². The van der Waals surface area contributed by atoms with E-state index >= 15 is 0 Å². The molecule has 6 aliphatic rings. The second-order valence-electron chi connectivity index (χ2n) is 19.6. The molecule has 3 saturated carbocycles. The molecule has 2 aliphatic heterocycles. The third kappa shape index (κ3) is 9.74. The summed E-state index contributed by atoms with van der Waals surface area (Å²) in [5.74, 6) is 3.15. The van der Waals surface area contributed by atoms with Gasteiger partial charge in [0.1, 0.15) is 29.1 Å². The van der Waals surface area contributed by atoms with Gasteiger partial charge >= 0.3 is 0 Å². The van der Waals surface area contributed by atoms with Crippen molar-refractivity contribution in [3.05, 3.63) is 87.7 Å². The lowest BCUT2D eigenvalue weighted by Crippen LogP contribution is -2.48. The molecule has 2 unspecified atom stereocenters. The summed E-state index contributed by atoms with van der Waals surface area (Å²) in [6.07, 6.45) is 10.8. The predicted molar refractivity (Wildman–Crippen MR) is 247 cm³/mol. The van der Waals surface area contributed by atoms with E-state index in [1.165, 1.54) is 37.8 Å². The number of sulfonamides is 1. The molecule has 5 fully saturated rings. The maximum absolute atomic E-state index is 13.8. The summed E-state index contributed by atoms with van der Waals surface area (Å²) in [5.41, 5.74) is 5.30. The lowest BCUT2D eigenvalue weighted by molar-refractivity contribution is -0.384. The molecule has 63 heavy (non-hydrogen) atoms. The Morgan fingerprint density at radius 3 is 2.56 bits per heavy atom. The van der Waals surface area contributed by atoms with Gasteiger partial charge in [0.05, 0.1) is 16.0 Å². The Hall–Kier alpha value is -4.25. The van der Waals surface area contributed by atoms with Gasteiger partial charge in [-0.15, -0.1) is 11.6 Å². The monoisotopic (exact) mass is 900 g/mol. The molecule has 4 aromatic rings. The van der Waals surface area contributed by atoms with E-state index in [4.69, 9.17) is 16.3 Å². The zero-order chi connectivity index (χ0) is 44.0. The molecular weight excluding hydrogens is 840 g/mol. The Labute approximate surface area is 375 Å². The number of rotatable bonds is 14. The number of H-pyrrole nitrogens is 1. The number of halogens is 1. The first-order valence-electron chi connectivity index (χ1n) is 22.7. The van der Waals surface area contributed by atoms with Crippen LogP contribution in [0.3, 0.4) is 0 Å². The van der Waals surface area contributed by atoms with Gasteiger partial charge in [-0.05, 0) is 137 Å². The van der Waals surface area contributed by atoms with Crippen molar-refractivity contribution in [3.8, 4) is 11.5 Å². The van der Waals surface area contributed by atoms with Gasteiger partial charge in [0.2, 0.25) is 10.0 Å². The van der Waals surface area contributed by atoms with E-state index in [-0.39, 0.29) is 27.6 Å². The minimum absolute atomic E-state index is 0.181. The van der Waals surface area contributed by atoms with Gasteiger partial charge in [-0.3, -0.25) is 15.0 Å². The summed E-state index contributed by atoms with van der Waals surface area (Å²) < 4.78 is 36.3. The topological polar surface area (TPSA) is 169 Å². The van der Waals surface area contributed by atoms with Crippen molar-refractivity contribution < 1.29 is 23.2 Å². The molecule has 2 saturated heterocycles. The lowest BCUT2D eigenvalue weighted by atomic mass is 9.55. The fourth-order valence-corrected chi connectivity index (χ4v) is 12.2. The number of nitro groups is 1. The zero-order valence-corrected chi connectivity index (χ0v) is 38.1. The number of likely N-dealkylation sites (tertiary alicyclic amines) is 1. The van der Waals surface area contributed by atoms with E-state index in [1.54, 1.807) is 29.6 Å². The first kappa shape index (κ1) is 44.0. The van der Waals surface area contributed by atoms with E-state index in [0.29, 0.717) is 46.5 Å². The molecule has 2 bridgehead atoms. The SMILES string of the molecule is CN1CCC(CNc2ccc(S(=O)(=O)NC(O)c3ccc(N4CCN(CC5=C([C@@H]6CC(Cl)C7CC6C7)CC(C)(C)CC5)CC4)cc3Oc3cnc4[nH]ccc4c3)cc2[N+](=O)[O-])CC1. The summed E-state index contributed by atoms with van der Waals surface area (Å²) in [7, 11) is -2.36. The highest BCUT2D eigenvalue weighted by Crippen LogP contribution is 2.56. The standard InChI is InChI=1S/C47H61ClN8O6S/c1-47(2)12-8-32(40(26-47)39-25-41(48)34-20-33(39)21-34)29-54-16-18-55(19-17-54)35-4-6-38(44(23-35)62-36-22-31-9-13-49-45(31)51-28-36)46(57)52-63(60,61)37-5-7-42(43(24-37)56(58)59)50-27-30-10-14-53(3)15-11-30/h4-7,9,13,22-24,28,30,33-34,39,41,46,50,52,57H,8,10-12,14-21,25-27,29H2,1-3H3,(H,49,51)/t33?,34?,39-,41?,46?/m1/s1. The van der Waals surface area contributed by atoms with Gasteiger partial charge < -0.3 is 29.9 Å². The third-order valence-electron chi connectivity index (χ3n) is 14.7. The average Bonchev–Trinajstić information content (AvgIpc) is 3.71. The number of hydrogen-bond acceptors (Lipinski definition) is 11. The highest BCUT2D eigenvalue weighted by Gasteiger charge is 2.48. The Kier molecular flexibility index (Phi) is 12.5. The molecule has 14 nitrogen and oxygen atoms in total. The number of nitrogens with zero attached hydrogens (tertiary/aromatic N) is 5. The van der Waals surface area contributed by atoms with Crippen LogP contribution in [-0.2, 0) is 10.0 Å². The number of ether oxygens (including phenoxy) is 1. The van der Waals surface area contributed by atoms with E-state index in [9.17, 15) is 23.6 Å². The maximum Gasteiger partial charge on any atom is 0.293 e. The third-order valence-corrected chi connectivity index (χ3v) is 16.6. The summed E-state index contributed by atoms with van der Waals surface area (Å²) >= 11 is 6.89. The predicted octanol–water partition coefficient (Wildman–Crippen LogP) is 8.27. The zero-order valence-electron chi connectivity index (χ0n) is 36.6. The van der Waals surface area contributed by atoms with Gasteiger partial charge in [0.25, 0.3) is 5.69 Å². The van der Waals surface area contributed by atoms with Gasteiger partial charge in [-0.2, -0.15) is 4.72 Å². The average molecular weight is 902 g/mol. The number of aliphatic hydroxyl groups excluding tert-OH is 1. The summed E-state index contributed by atoms with van der Waals surface area (Å²) in [6, 6.07) is 12.8. The highest BCUT2D eigenvalue weighted by atomic mass is 35.5. The van der Waals surface area contributed by atoms with Crippen LogP contribution in [0.25, 0.3) is 11.0 Å². The Morgan fingerprint density at radius 2 is 1.81 bits per heavy atom. The molecule has 4 aliphatic carbocycles. The minimum Gasteiger partial charge on any atom is -0.455 e. The summed E-state index contributed by atoms with van der Waals surface area (Å²) in [5, 5.41) is 28.1. The normalized spacial score (nSPS) is 25.2. The van der Waals surface area contributed by atoms with E-state index in [0.717, 1.165) is 94.6 Å². The quantitative estimate of drug-likeness (QED) is 0.0316. The second-order valence-corrected chi connectivity index (χ2v) is 21.9. The fraction of sp³-hybridized carbons (Fsp3) is 0.553. The number of nitrogens with one attached hydrogen (secondary N) is 3. The molecule has 3 atom stereocenters. The number of aromatic nitrogens is 2. The largest absolute Gasteiger partial charge is 0.455 e. The van der Waals surface area contributed by atoms with Crippen LogP contribution in [-0.4, -0.2) is 103 Å². The molecule has 4 N–H and O–H groups in total. The molecule has 2 aromatic heterocycles. The summed E-state index contributed by atoms with van der Waals surface area (Å²) in [4.78, 5) is 25.9. The van der Waals surface area contributed by atoms with Crippen LogP contribution >= 0.6 is 11.6 Å². The molecule has 16 heteroatoms. The maximum atomic E-state index is 13.8. The number of anilines is 2. The van der Waals surface area contributed by atoms with Gasteiger partial charge in [0.15, 0.2) is 0 Å². The Morgan fingerprint density at radius 1 is 1.03 bits per heavy atom. The fourth-order valence-electron chi connectivity index (χ4n) is 10.7. The Balaban J connectivity index is 0.914. The number of benzene rings is 2. The van der Waals surface area contributed by atoms with E-state index < -0.39 is 21.2 Å². The van der Waals surface area contributed by atoms with Crippen LogP contribution in [0.1, 0.15) is 77.0 Å². The molecular formula is C47H61ClN8O6S. The smallest absolute Gasteiger partial charge is 0.293 e. The molecule has 2 aromatic carbocycles. The number of fused-ring (bicyclic) bond motifs is 3. The Bertz CT molecular complexity index is 2460. The number of piperazine rings is 1. The summed E-state index contributed by atoms with van der Waals surface area (Å²) in [6.45, 7) is 11.7. The first-order chi connectivity index (χ1) is 30.2. The van der Waals surface area contributed by atoms with Crippen LogP contribution < -0.4 is 19.7 Å². The number of allylic oxidation sites excluding steroid dienone is 1. The van der Waals surface area contributed by atoms with Gasteiger partial charge in [0, 0.05) is 79.6 Å². The molecule has 4 heterocycles. The molecule has 10 rings (SSSR count). The van der Waals surface area contributed by atoms with Crippen LogP contribution in [0.15, 0.2) is 77.0 Å². The minimum atomic E-state index is -4.44. The van der Waals surface area contributed by atoms with Crippen molar-refractivity contribution in [2.24, 2.45) is 29.1 Å². The van der Waals surface area contributed by atoms with Crippen LogP contribution in [0, 0.1) is 39.2 Å². The number of nitro benzene ring substituents is 1. The lowest BCUT2D eigenvalue weighted by Gasteiger charge is -2.52. The molecule has 338 valence electrons. The number of alkyl halides is 1. The number of hydrogen-bond donors (Lipinski definition) is 4. The van der Waals surface area contributed by atoms with Crippen molar-refractivity contribution in [2.75, 3.05) is 69.6 Å². The van der Waals surface area contributed by atoms with Crippen LogP contribution in [0.2, 0.25) is 0 Å². The van der Waals surface area contributed by atoms with Crippen molar-refractivity contribution in [1.29, 1.82) is 0 Å². The van der Waals surface area contributed by atoms with Crippen LogP contribution in [0.5, 0.6) is 11.5 Å². The van der Waals surface area contributed by atoms with Gasteiger partial charge in [-0.1, -0.05) is 25.0 Å². The number of pyridine rings is 1. The van der Waals surface area contributed by atoms with E-state index in [2.05, 4.69) is 55.6 Å². The second kappa shape index (κ2) is 18.0. The molecule has 0 radical (unpaired) electrons. The number of piperidine rings is 1. The molecule has 0 amide bonds. The van der Waals surface area contributed by atoms with Crippen molar-refractivity contribution in [1.82, 2.24) is 24.5 Å². The highest BCUT2D eigenvalue weighted by molar-refractivity contribution is 7.89. The van der Waals surface area contributed by atoms with E-state index in [1.807, 2.05) is 24.3 Å². The molecule has 0 spiro atoms. The number of aromatic amines is 1. The van der Waals surface area contributed by atoms with Crippen LogP contribution in [0.4, 0.5) is 17.1 Å². The van der Waals surface area contributed by atoms with Crippen molar-refractivity contribution in [2.45, 2.75) is 81.7 Å².